The van der Waals surface area contributed by atoms with Crippen LogP contribution < -0.4 is 0 Å². The number of allylic oxidation sites excluding steroid dienone is 3. The van der Waals surface area contributed by atoms with E-state index in [0.29, 0.717) is 5.92 Å². The van der Waals surface area contributed by atoms with Crippen molar-refractivity contribution >= 4 is 6.21 Å². The second-order valence-corrected chi connectivity index (χ2v) is 2.57. The summed E-state index contributed by atoms with van der Waals surface area (Å²) in [4.78, 5) is 4.09. The molecule has 1 unspecified atom stereocenters. The topological polar surface area (TPSA) is 12.4 Å². The Kier molecular flexibility index (Phi) is 13.6. The third-order valence-corrected chi connectivity index (χ3v) is 1.58. The SMILES string of the molecule is CC.CC.CCC1=CC(C)C=NC=C1. The fourth-order valence-corrected chi connectivity index (χ4v) is 0.996. The highest BCUT2D eigenvalue weighted by atomic mass is 14.7. The molecule has 0 saturated carbocycles. The van der Waals surface area contributed by atoms with E-state index in [2.05, 4.69) is 31.0 Å². The minimum Gasteiger partial charge on any atom is -0.268 e. The molecule has 82 valence electrons. The summed E-state index contributed by atoms with van der Waals surface area (Å²) >= 11 is 0. The Morgan fingerprint density at radius 1 is 1.21 bits per heavy atom. The summed E-state index contributed by atoms with van der Waals surface area (Å²) in [6.07, 6.45) is 9.23. The van der Waals surface area contributed by atoms with Gasteiger partial charge in [0.1, 0.15) is 0 Å². The normalized spacial score (nSPS) is 18.1. The zero-order valence-corrected chi connectivity index (χ0v) is 10.5. The lowest BCUT2D eigenvalue weighted by molar-refractivity contribution is 0.995. The molecule has 0 bridgehead atoms. The van der Waals surface area contributed by atoms with Gasteiger partial charge in [-0.05, 0) is 12.5 Å². The van der Waals surface area contributed by atoms with Gasteiger partial charge in [0.15, 0.2) is 0 Å². The molecule has 1 aliphatic heterocycles. The Balaban J connectivity index is 0. The molecule has 1 heteroatoms. The van der Waals surface area contributed by atoms with Crippen molar-refractivity contribution in [2.75, 3.05) is 0 Å². The lowest BCUT2D eigenvalue weighted by Gasteiger charge is -1.97. The number of hydrogen-bond donors (Lipinski definition) is 0. The molecular formula is C13H25N. The van der Waals surface area contributed by atoms with Crippen LogP contribution in [0.1, 0.15) is 48.0 Å². The van der Waals surface area contributed by atoms with Gasteiger partial charge in [0.25, 0.3) is 0 Å². The highest BCUT2D eigenvalue weighted by Gasteiger charge is 1.96. The van der Waals surface area contributed by atoms with Crippen LogP contribution in [0.15, 0.2) is 28.9 Å². The van der Waals surface area contributed by atoms with Crippen LogP contribution in [-0.2, 0) is 0 Å². The summed E-state index contributed by atoms with van der Waals surface area (Å²) in [7, 11) is 0. The van der Waals surface area contributed by atoms with Gasteiger partial charge in [-0.15, -0.1) is 0 Å². The van der Waals surface area contributed by atoms with Gasteiger partial charge in [0.05, 0.1) is 0 Å². The van der Waals surface area contributed by atoms with E-state index in [9.17, 15) is 0 Å². The molecule has 0 amide bonds. The fraction of sp³-hybridized carbons (Fsp3) is 0.615. The molecule has 1 atom stereocenters. The predicted molar refractivity (Wildman–Crippen MR) is 67.9 cm³/mol. The van der Waals surface area contributed by atoms with E-state index in [0.717, 1.165) is 6.42 Å². The third kappa shape index (κ3) is 7.78. The maximum absolute atomic E-state index is 4.09. The standard InChI is InChI=1S/C9H13N.2C2H6/c1-3-9-4-5-10-7-8(2)6-9;2*1-2/h4-8H,3H2,1-2H3;2*1-2H3. The van der Waals surface area contributed by atoms with Crippen LogP contribution >= 0.6 is 0 Å². The first kappa shape index (κ1) is 15.6. The van der Waals surface area contributed by atoms with Gasteiger partial charge < -0.3 is 0 Å². The lowest BCUT2D eigenvalue weighted by atomic mass is 10.1. The molecular weight excluding hydrogens is 170 g/mol. The van der Waals surface area contributed by atoms with Crippen LogP contribution in [0.4, 0.5) is 0 Å². The van der Waals surface area contributed by atoms with Crippen molar-refractivity contribution in [2.45, 2.75) is 48.0 Å². The summed E-state index contributed by atoms with van der Waals surface area (Å²) in [5.41, 5.74) is 1.38. The van der Waals surface area contributed by atoms with Crippen molar-refractivity contribution in [2.24, 2.45) is 10.9 Å². The Morgan fingerprint density at radius 3 is 2.29 bits per heavy atom. The molecule has 0 radical (unpaired) electrons. The lowest BCUT2D eigenvalue weighted by Crippen LogP contribution is -1.89. The van der Waals surface area contributed by atoms with Crippen LogP contribution in [-0.4, -0.2) is 6.21 Å². The van der Waals surface area contributed by atoms with E-state index in [4.69, 9.17) is 0 Å². The van der Waals surface area contributed by atoms with E-state index >= 15 is 0 Å². The van der Waals surface area contributed by atoms with Crippen molar-refractivity contribution in [3.8, 4) is 0 Å². The van der Waals surface area contributed by atoms with Crippen molar-refractivity contribution in [3.05, 3.63) is 23.9 Å². The van der Waals surface area contributed by atoms with E-state index in [-0.39, 0.29) is 0 Å². The predicted octanol–water partition coefficient (Wildman–Crippen LogP) is 4.61. The molecule has 0 aromatic rings. The minimum absolute atomic E-state index is 0.491. The largest absolute Gasteiger partial charge is 0.268 e. The van der Waals surface area contributed by atoms with E-state index in [1.807, 2.05) is 40.1 Å². The maximum atomic E-state index is 4.09. The first-order valence-electron chi connectivity index (χ1n) is 5.73. The number of nitrogens with zero attached hydrogens (tertiary/aromatic N) is 1. The average Bonchev–Trinajstić information content (AvgIpc) is 2.48. The molecule has 0 saturated heterocycles. The van der Waals surface area contributed by atoms with Gasteiger partial charge in [0, 0.05) is 18.3 Å². The van der Waals surface area contributed by atoms with Crippen LogP contribution in [0.5, 0.6) is 0 Å². The van der Waals surface area contributed by atoms with Crippen molar-refractivity contribution in [3.63, 3.8) is 0 Å². The second kappa shape index (κ2) is 12.2. The smallest absolute Gasteiger partial charge is 0.0266 e. The quantitative estimate of drug-likeness (QED) is 0.579. The monoisotopic (exact) mass is 195 g/mol. The summed E-state index contributed by atoms with van der Waals surface area (Å²) < 4.78 is 0. The Bertz CT molecular complexity index is 187. The summed E-state index contributed by atoms with van der Waals surface area (Å²) in [6.45, 7) is 12.3. The second-order valence-electron chi connectivity index (χ2n) is 2.57. The van der Waals surface area contributed by atoms with Crippen LogP contribution in [0, 0.1) is 5.92 Å². The maximum Gasteiger partial charge on any atom is 0.0266 e. The fourth-order valence-electron chi connectivity index (χ4n) is 0.996. The van der Waals surface area contributed by atoms with Crippen LogP contribution in [0.25, 0.3) is 0 Å². The van der Waals surface area contributed by atoms with Gasteiger partial charge in [0.2, 0.25) is 0 Å². The van der Waals surface area contributed by atoms with Crippen molar-refractivity contribution in [1.29, 1.82) is 0 Å². The van der Waals surface area contributed by atoms with Gasteiger partial charge in [-0.2, -0.15) is 0 Å². The van der Waals surface area contributed by atoms with Crippen molar-refractivity contribution in [1.82, 2.24) is 0 Å². The third-order valence-electron chi connectivity index (χ3n) is 1.58. The van der Waals surface area contributed by atoms with Gasteiger partial charge in [-0.25, -0.2) is 0 Å². The Morgan fingerprint density at radius 2 is 1.79 bits per heavy atom. The van der Waals surface area contributed by atoms with Gasteiger partial charge >= 0.3 is 0 Å². The summed E-state index contributed by atoms with van der Waals surface area (Å²) in [5.74, 6) is 0.491. The highest BCUT2D eigenvalue weighted by Crippen LogP contribution is 2.09. The zero-order chi connectivity index (χ0) is 11.4. The molecule has 0 spiro atoms. The first-order valence-corrected chi connectivity index (χ1v) is 5.73. The van der Waals surface area contributed by atoms with E-state index in [1.165, 1.54) is 5.57 Å². The molecule has 1 nitrogen and oxygen atoms in total. The number of hydrogen-bond acceptors (Lipinski definition) is 1. The Labute approximate surface area is 89.6 Å². The average molecular weight is 195 g/mol. The van der Waals surface area contributed by atoms with Gasteiger partial charge in [-0.3, -0.25) is 4.99 Å². The van der Waals surface area contributed by atoms with Crippen LogP contribution in [0.3, 0.4) is 0 Å². The molecule has 0 aromatic heterocycles. The van der Waals surface area contributed by atoms with E-state index < -0.39 is 0 Å². The van der Waals surface area contributed by atoms with Crippen molar-refractivity contribution < 1.29 is 0 Å². The van der Waals surface area contributed by atoms with Crippen LogP contribution in [0.2, 0.25) is 0 Å². The molecule has 0 aliphatic carbocycles. The molecule has 1 rings (SSSR count). The molecule has 1 heterocycles. The number of rotatable bonds is 1. The molecule has 0 fully saturated rings. The minimum atomic E-state index is 0.491. The molecule has 0 N–H and O–H groups in total. The summed E-state index contributed by atoms with van der Waals surface area (Å²) in [6, 6.07) is 0. The zero-order valence-electron chi connectivity index (χ0n) is 10.5. The number of aliphatic imine (C=N–C) groups is 1. The highest BCUT2D eigenvalue weighted by molar-refractivity contribution is 5.64. The van der Waals surface area contributed by atoms with Gasteiger partial charge in [-0.1, -0.05) is 53.2 Å². The van der Waals surface area contributed by atoms with E-state index in [1.54, 1.807) is 0 Å². The summed E-state index contributed by atoms with van der Waals surface area (Å²) in [5, 5.41) is 0. The molecule has 1 aliphatic rings. The first-order chi connectivity index (χ1) is 6.83. The molecule has 0 aromatic carbocycles. The molecule has 14 heavy (non-hydrogen) atoms. The Hall–Kier alpha value is -0.850.